The molecule has 6 heteroatoms. The molecule has 0 aliphatic rings. The number of hydrogen-bond donors (Lipinski definition) is 0. The van der Waals surface area contributed by atoms with Crippen molar-refractivity contribution in [2.24, 2.45) is 0 Å². The largest absolute Gasteiger partial charge is 0.748 e. The van der Waals surface area contributed by atoms with Gasteiger partial charge in [-0.2, -0.15) is 5.26 Å². The molecule has 100 valence electrons. The second-order valence-corrected chi connectivity index (χ2v) is 6.17. The van der Waals surface area contributed by atoms with E-state index in [2.05, 4.69) is 6.07 Å². The number of rotatable bonds is 2. The van der Waals surface area contributed by atoms with Crippen LogP contribution < -0.4 is 0 Å². The lowest BCUT2D eigenvalue weighted by atomic mass is 10.1. The summed E-state index contributed by atoms with van der Waals surface area (Å²) in [4.78, 5) is 0. The third-order valence-electron chi connectivity index (χ3n) is 2.01. The van der Waals surface area contributed by atoms with Crippen molar-refractivity contribution in [3.8, 4) is 6.07 Å². The zero-order valence-electron chi connectivity index (χ0n) is 11.0. The van der Waals surface area contributed by atoms with Crippen LogP contribution in [0.1, 0.15) is 11.6 Å². The lowest BCUT2D eigenvalue weighted by molar-refractivity contribution is -0.893. The van der Waals surface area contributed by atoms with Crippen LogP contribution >= 0.6 is 0 Å². The first-order valence-electron chi connectivity index (χ1n) is 5.22. The summed E-state index contributed by atoms with van der Waals surface area (Å²) in [6.45, 7) is 0. The maximum atomic E-state index is 9.08. The van der Waals surface area contributed by atoms with Crippen LogP contribution in [0.5, 0.6) is 0 Å². The molecule has 1 aromatic carbocycles. The second-order valence-electron chi connectivity index (χ2n) is 4.76. The Morgan fingerprint density at radius 1 is 1.22 bits per heavy atom. The zero-order valence-corrected chi connectivity index (χ0v) is 11.8. The molecule has 1 aromatic rings. The summed E-state index contributed by atoms with van der Waals surface area (Å²) in [5, 5.41) is 9.05. The van der Waals surface area contributed by atoms with E-state index in [1.807, 2.05) is 51.5 Å². The van der Waals surface area contributed by atoms with Crippen molar-refractivity contribution in [3.05, 3.63) is 35.9 Å². The summed E-state index contributed by atoms with van der Waals surface area (Å²) in [5.74, 6) is 0. The van der Waals surface area contributed by atoms with Crippen LogP contribution in [-0.4, -0.2) is 44.9 Å². The van der Waals surface area contributed by atoms with E-state index in [0.717, 1.165) is 5.56 Å². The van der Waals surface area contributed by atoms with Gasteiger partial charge in [0.25, 0.3) is 0 Å². The van der Waals surface area contributed by atoms with Gasteiger partial charge in [-0.15, -0.1) is 0 Å². The molecule has 1 unspecified atom stereocenters. The van der Waals surface area contributed by atoms with E-state index >= 15 is 0 Å². The molecule has 0 radical (unpaired) electrons. The van der Waals surface area contributed by atoms with Crippen molar-refractivity contribution in [2.75, 3.05) is 27.4 Å². The third kappa shape index (κ3) is 7.79. The molecular weight excluding hydrogens is 252 g/mol. The molecular formula is C12H18N2O3S. The van der Waals surface area contributed by atoms with Crippen molar-refractivity contribution in [2.45, 2.75) is 6.04 Å². The summed E-state index contributed by atoms with van der Waals surface area (Å²) >= 11 is 0. The second kappa shape index (κ2) is 6.50. The average Bonchev–Trinajstić information content (AvgIpc) is 2.15. The highest BCUT2D eigenvalue weighted by atomic mass is 32.2. The number of nitriles is 1. The van der Waals surface area contributed by atoms with Crippen LogP contribution in [0.3, 0.4) is 0 Å². The fourth-order valence-electron chi connectivity index (χ4n) is 1.33. The van der Waals surface area contributed by atoms with Gasteiger partial charge in [0.15, 0.2) is 0 Å². The standard InChI is InChI=1S/C11H15N2.CH4O3S/c1-13(2,3)11(9-12)10-7-5-4-6-8-10;1-5(2,3)4/h4-8,11H,1-3H3;1H3,(H,2,3,4)/q+1;/p-1. The molecule has 0 aromatic heterocycles. The van der Waals surface area contributed by atoms with E-state index < -0.39 is 10.1 Å². The smallest absolute Gasteiger partial charge is 0.201 e. The van der Waals surface area contributed by atoms with Crippen molar-refractivity contribution >= 4 is 10.1 Å². The van der Waals surface area contributed by atoms with Gasteiger partial charge < -0.3 is 9.04 Å². The minimum absolute atomic E-state index is 0.0822. The number of hydrogen-bond acceptors (Lipinski definition) is 4. The van der Waals surface area contributed by atoms with Crippen LogP contribution in [0.15, 0.2) is 30.3 Å². The number of nitrogens with zero attached hydrogens (tertiary/aromatic N) is 2. The first-order valence-corrected chi connectivity index (χ1v) is 7.04. The normalized spacial score (nSPS) is 12.9. The van der Waals surface area contributed by atoms with E-state index in [4.69, 9.17) is 18.2 Å². The Labute approximate surface area is 109 Å². The predicted octanol–water partition coefficient (Wildman–Crippen LogP) is 1.12. The molecule has 0 saturated carbocycles. The average molecular weight is 270 g/mol. The van der Waals surface area contributed by atoms with Gasteiger partial charge in [-0.25, -0.2) is 8.42 Å². The maximum absolute atomic E-state index is 9.08. The minimum Gasteiger partial charge on any atom is -0.748 e. The lowest BCUT2D eigenvalue weighted by Crippen LogP contribution is -2.37. The number of quaternary nitrogens is 1. The molecule has 0 spiro atoms. The van der Waals surface area contributed by atoms with E-state index in [1.165, 1.54) is 0 Å². The Balaban J connectivity index is 0.000000494. The summed E-state index contributed by atoms with van der Waals surface area (Å²) in [6, 6.07) is 12.1. The molecule has 0 N–H and O–H groups in total. The highest BCUT2D eigenvalue weighted by Gasteiger charge is 2.24. The molecule has 0 amide bonds. The maximum Gasteiger partial charge on any atom is 0.201 e. The Kier molecular flexibility index (Phi) is 5.98. The monoisotopic (exact) mass is 270 g/mol. The van der Waals surface area contributed by atoms with Gasteiger partial charge in [-0.3, -0.25) is 0 Å². The van der Waals surface area contributed by atoms with E-state index in [0.29, 0.717) is 10.7 Å². The van der Waals surface area contributed by atoms with Gasteiger partial charge in [0.2, 0.25) is 6.04 Å². The quantitative estimate of drug-likeness (QED) is 0.595. The molecule has 0 saturated heterocycles. The van der Waals surface area contributed by atoms with Gasteiger partial charge in [0.1, 0.15) is 6.07 Å². The Hall–Kier alpha value is -1.42. The third-order valence-corrected chi connectivity index (χ3v) is 2.01. The molecule has 18 heavy (non-hydrogen) atoms. The van der Waals surface area contributed by atoms with E-state index in [1.54, 1.807) is 0 Å². The van der Waals surface area contributed by atoms with Crippen molar-refractivity contribution in [1.82, 2.24) is 0 Å². The van der Waals surface area contributed by atoms with Gasteiger partial charge in [-0.05, 0) is 0 Å². The van der Waals surface area contributed by atoms with Gasteiger partial charge in [0, 0.05) is 11.8 Å². The minimum atomic E-state index is -3.92. The van der Waals surface area contributed by atoms with Crippen molar-refractivity contribution in [3.63, 3.8) is 0 Å². The predicted molar refractivity (Wildman–Crippen MR) is 68.4 cm³/mol. The molecule has 5 nitrogen and oxygen atoms in total. The van der Waals surface area contributed by atoms with Crippen LogP contribution in [0.4, 0.5) is 0 Å². The molecule has 0 fully saturated rings. The Bertz CT molecular complexity index is 490. The summed E-state index contributed by atoms with van der Waals surface area (Å²) in [5.41, 5.74) is 1.08. The molecule has 0 heterocycles. The summed E-state index contributed by atoms with van der Waals surface area (Å²) < 4.78 is 27.9. The van der Waals surface area contributed by atoms with Crippen LogP contribution in [0, 0.1) is 11.3 Å². The van der Waals surface area contributed by atoms with Crippen molar-refractivity contribution < 1.29 is 17.5 Å². The molecule has 0 aliphatic carbocycles. The van der Waals surface area contributed by atoms with E-state index in [9.17, 15) is 0 Å². The highest BCUT2D eigenvalue weighted by Crippen LogP contribution is 2.21. The Morgan fingerprint density at radius 2 is 1.61 bits per heavy atom. The van der Waals surface area contributed by atoms with E-state index in [-0.39, 0.29) is 6.04 Å². The molecule has 0 aliphatic heterocycles. The fraction of sp³-hybridized carbons (Fsp3) is 0.417. The molecule has 0 bridgehead atoms. The summed E-state index contributed by atoms with van der Waals surface area (Å²) in [7, 11) is 2.17. The van der Waals surface area contributed by atoms with Gasteiger partial charge in [0.05, 0.1) is 31.3 Å². The number of benzene rings is 1. The molecule has 1 rings (SSSR count). The van der Waals surface area contributed by atoms with Crippen LogP contribution in [0.2, 0.25) is 0 Å². The SMILES string of the molecule is CS(=O)(=O)[O-].C[N+](C)(C)C(C#N)c1ccccc1. The first-order chi connectivity index (χ1) is 8.05. The van der Waals surface area contributed by atoms with Crippen LogP contribution in [-0.2, 0) is 10.1 Å². The fourth-order valence-corrected chi connectivity index (χ4v) is 1.33. The van der Waals surface area contributed by atoms with Crippen molar-refractivity contribution in [1.29, 1.82) is 5.26 Å². The first kappa shape index (κ1) is 16.6. The highest BCUT2D eigenvalue weighted by molar-refractivity contribution is 7.84. The summed E-state index contributed by atoms with van der Waals surface area (Å²) in [6.07, 6.45) is 0.604. The topological polar surface area (TPSA) is 81.0 Å². The molecule has 1 atom stereocenters. The zero-order chi connectivity index (χ0) is 14.4. The van der Waals surface area contributed by atoms with Gasteiger partial charge in [-0.1, -0.05) is 30.3 Å². The Morgan fingerprint density at radius 3 is 1.89 bits per heavy atom. The lowest BCUT2D eigenvalue weighted by Gasteiger charge is -2.29. The van der Waals surface area contributed by atoms with Gasteiger partial charge >= 0.3 is 0 Å². The van der Waals surface area contributed by atoms with Crippen LogP contribution in [0.25, 0.3) is 0 Å².